The van der Waals surface area contributed by atoms with E-state index in [0.29, 0.717) is 22.5 Å². The van der Waals surface area contributed by atoms with Gasteiger partial charge in [-0.3, -0.25) is 14.7 Å². The largest absolute Gasteiger partial charge is 0.508 e. The number of nitro benzene ring substituents is 1. The molecule has 4 aromatic carbocycles. The number of azo groups is 2. The Balaban J connectivity index is 1.60. The molecule has 0 aliphatic heterocycles. The van der Waals surface area contributed by atoms with Crippen LogP contribution < -0.4 is 11.5 Å². The topological polar surface area (TPSA) is 219 Å². The first-order chi connectivity index (χ1) is 18.0. The van der Waals surface area contributed by atoms with Gasteiger partial charge in [-0.1, -0.05) is 12.1 Å². The number of phenols is 1. The molecule has 0 radical (unpaired) electrons. The molecule has 0 unspecified atom stereocenters. The lowest BCUT2D eigenvalue weighted by Gasteiger charge is -2.06. The Kier molecular flexibility index (Phi) is 7.09. The van der Waals surface area contributed by atoms with E-state index in [1.807, 2.05) is 0 Å². The van der Waals surface area contributed by atoms with Gasteiger partial charge in [0.05, 0.1) is 38.9 Å². The average molecular weight is 534 g/mol. The molecule has 14 heteroatoms. The summed E-state index contributed by atoms with van der Waals surface area (Å²) < 4.78 is 32.3. The first kappa shape index (κ1) is 25.9. The van der Waals surface area contributed by atoms with Gasteiger partial charge in [-0.2, -0.15) is 23.8 Å². The van der Waals surface area contributed by atoms with Gasteiger partial charge in [0.25, 0.3) is 15.8 Å². The summed E-state index contributed by atoms with van der Waals surface area (Å²) in [7, 11) is -4.63. The molecule has 0 heterocycles. The second-order valence-corrected chi connectivity index (χ2v) is 9.24. The average Bonchev–Trinajstić information content (AvgIpc) is 2.87. The number of nitro groups is 1. The number of nitrogens with zero attached hydrogens (tertiary/aromatic N) is 5. The van der Waals surface area contributed by atoms with Crippen LogP contribution in [0.3, 0.4) is 0 Å². The van der Waals surface area contributed by atoms with Gasteiger partial charge >= 0.3 is 0 Å². The molecule has 0 fully saturated rings. The van der Waals surface area contributed by atoms with E-state index >= 15 is 0 Å². The molecule has 0 aromatic heterocycles. The molecule has 0 saturated heterocycles. The molecule has 0 atom stereocenters. The van der Waals surface area contributed by atoms with Crippen LogP contribution in [-0.4, -0.2) is 23.0 Å². The predicted octanol–water partition coefficient (Wildman–Crippen LogP) is 6.21. The number of phenolic OH excluding ortho intramolecular Hbond substituents is 1. The van der Waals surface area contributed by atoms with Crippen LogP contribution in [0.1, 0.15) is 0 Å². The maximum Gasteiger partial charge on any atom is 0.296 e. The quantitative estimate of drug-likeness (QED) is 0.0701. The summed E-state index contributed by atoms with van der Waals surface area (Å²) >= 11 is 0. The van der Waals surface area contributed by atoms with Crippen molar-refractivity contribution in [3.63, 3.8) is 0 Å². The number of rotatable bonds is 7. The molecule has 0 saturated carbocycles. The maximum atomic E-state index is 11.8. The van der Waals surface area contributed by atoms with E-state index in [0.717, 1.165) is 12.1 Å². The van der Waals surface area contributed by atoms with Gasteiger partial charge in [0.15, 0.2) is 0 Å². The van der Waals surface area contributed by atoms with Crippen LogP contribution in [0.5, 0.6) is 5.75 Å². The Bertz CT molecular complexity index is 1690. The summed E-state index contributed by atoms with van der Waals surface area (Å²) in [4.78, 5) is 10.6. The first-order valence-electron chi connectivity index (χ1n) is 10.7. The molecular formula is C24H19N7O6S. The highest BCUT2D eigenvalue weighted by Gasteiger charge is 2.18. The monoisotopic (exact) mass is 533 g/mol. The van der Waals surface area contributed by atoms with Gasteiger partial charge < -0.3 is 16.6 Å². The van der Waals surface area contributed by atoms with Gasteiger partial charge in [-0.25, -0.2) is 0 Å². The fourth-order valence-electron chi connectivity index (χ4n) is 3.34. The van der Waals surface area contributed by atoms with Gasteiger partial charge in [-0.05, 0) is 66.2 Å². The van der Waals surface area contributed by atoms with Crippen molar-refractivity contribution in [1.29, 1.82) is 0 Å². The molecule has 0 aliphatic carbocycles. The number of nitrogen functional groups attached to an aromatic ring is 2. The zero-order valence-corrected chi connectivity index (χ0v) is 20.1. The Morgan fingerprint density at radius 2 is 1.29 bits per heavy atom. The second kappa shape index (κ2) is 10.4. The van der Waals surface area contributed by atoms with E-state index in [-0.39, 0.29) is 34.2 Å². The molecule has 6 N–H and O–H groups in total. The molecule has 192 valence electrons. The third kappa shape index (κ3) is 5.95. The Morgan fingerprint density at radius 3 is 1.87 bits per heavy atom. The number of anilines is 2. The normalized spacial score (nSPS) is 11.8. The van der Waals surface area contributed by atoms with Gasteiger partial charge in [0, 0.05) is 6.07 Å². The first-order valence-corrected chi connectivity index (χ1v) is 12.1. The summed E-state index contributed by atoms with van der Waals surface area (Å²) in [5.41, 5.74) is 12.8. The molecular weight excluding hydrogens is 514 g/mol. The van der Waals surface area contributed by atoms with E-state index in [9.17, 15) is 28.2 Å². The van der Waals surface area contributed by atoms with Crippen LogP contribution in [0.4, 0.5) is 39.8 Å². The predicted molar refractivity (Wildman–Crippen MR) is 140 cm³/mol. The van der Waals surface area contributed by atoms with Gasteiger partial charge in [-0.15, -0.1) is 5.11 Å². The number of aromatic hydroxyl groups is 1. The highest BCUT2D eigenvalue weighted by atomic mass is 32.2. The number of hydrogen-bond acceptors (Lipinski definition) is 11. The summed E-state index contributed by atoms with van der Waals surface area (Å²) in [6.45, 7) is 0. The SMILES string of the molecule is Nc1cc(N)c(S(=O)(=O)O)cc1N=Nc1ccc(-c2ccc(N=Nc3ccc(O)cc3)cc2)c([N+](=O)[O-])c1. The Morgan fingerprint density at radius 1 is 0.737 bits per heavy atom. The maximum absolute atomic E-state index is 11.8. The van der Waals surface area contributed by atoms with Crippen LogP contribution in [-0.2, 0) is 10.1 Å². The second-order valence-electron chi connectivity index (χ2n) is 7.85. The fourth-order valence-corrected chi connectivity index (χ4v) is 3.96. The Labute approximate surface area is 215 Å². The van der Waals surface area contributed by atoms with E-state index in [1.165, 1.54) is 30.3 Å². The van der Waals surface area contributed by atoms with E-state index in [1.54, 1.807) is 36.4 Å². The molecule has 0 amide bonds. The summed E-state index contributed by atoms with van der Waals surface area (Å²) in [6.07, 6.45) is 0. The number of hydrogen-bond donors (Lipinski definition) is 4. The van der Waals surface area contributed by atoms with Crippen molar-refractivity contribution < 1.29 is 23.0 Å². The van der Waals surface area contributed by atoms with E-state index in [4.69, 9.17) is 11.5 Å². The smallest absolute Gasteiger partial charge is 0.296 e. The summed E-state index contributed by atoms with van der Waals surface area (Å²) in [6, 6.07) is 19.0. The van der Waals surface area contributed by atoms with Crippen molar-refractivity contribution in [3.05, 3.63) is 89.0 Å². The minimum Gasteiger partial charge on any atom is -0.508 e. The van der Waals surface area contributed by atoms with Crippen molar-refractivity contribution in [2.24, 2.45) is 20.5 Å². The zero-order chi connectivity index (χ0) is 27.4. The number of nitrogens with two attached hydrogens (primary N) is 2. The van der Waals surface area contributed by atoms with Crippen LogP contribution >= 0.6 is 0 Å². The third-order valence-electron chi connectivity index (χ3n) is 5.20. The van der Waals surface area contributed by atoms with Gasteiger partial charge in [0.2, 0.25) is 0 Å². The molecule has 0 bridgehead atoms. The highest BCUT2D eigenvalue weighted by molar-refractivity contribution is 7.86. The molecule has 0 aliphatic rings. The minimum atomic E-state index is -4.63. The zero-order valence-electron chi connectivity index (χ0n) is 19.3. The minimum absolute atomic E-state index is 0.00702. The van der Waals surface area contributed by atoms with E-state index in [2.05, 4.69) is 20.5 Å². The van der Waals surface area contributed by atoms with Gasteiger partial charge in [0.1, 0.15) is 16.3 Å². The molecule has 13 nitrogen and oxygen atoms in total. The molecule has 4 aromatic rings. The van der Waals surface area contributed by atoms with Crippen molar-refractivity contribution >= 4 is 49.9 Å². The lowest BCUT2D eigenvalue weighted by atomic mass is 10.0. The van der Waals surface area contributed by atoms with Crippen LogP contribution in [0.2, 0.25) is 0 Å². The molecule has 4 rings (SSSR count). The van der Waals surface area contributed by atoms with E-state index < -0.39 is 19.9 Å². The number of benzene rings is 4. The third-order valence-corrected chi connectivity index (χ3v) is 6.11. The van der Waals surface area contributed by atoms with Crippen molar-refractivity contribution in [3.8, 4) is 16.9 Å². The van der Waals surface area contributed by atoms with Crippen molar-refractivity contribution in [2.45, 2.75) is 4.90 Å². The fraction of sp³-hybridized carbons (Fsp3) is 0. The lowest BCUT2D eigenvalue weighted by Crippen LogP contribution is -2.04. The van der Waals surface area contributed by atoms with Crippen molar-refractivity contribution in [1.82, 2.24) is 0 Å². The lowest BCUT2D eigenvalue weighted by molar-refractivity contribution is -0.384. The molecule has 38 heavy (non-hydrogen) atoms. The molecule has 0 spiro atoms. The van der Waals surface area contributed by atoms with Crippen LogP contribution in [0, 0.1) is 10.1 Å². The highest BCUT2D eigenvalue weighted by Crippen LogP contribution is 2.36. The summed E-state index contributed by atoms with van der Waals surface area (Å²) in [5.74, 6) is 0.114. The van der Waals surface area contributed by atoms with Crippen LogP contribution in [0.25, 0.3) is 11.1 Å². The summed E-state index contributed by atoms with van der Waals surface area (Å²) in [5, 5.41) is 37.1. The Hall–Kier alpha value is -5.21. The van der Waals surface area contributed by atoms with Crippen LogP contribution in [0.15, 0.2) is 104 Å². The standard InChI is InChI=1S/C24H19N7O6S/c25-20-12-21(26)24(38(35,36)37)13-22(20)30-29-17-7-10-19(23(11-17)31(33)34)14-1-3-15(4-2-14)27-28-16-5-8-18(32)9-6-16/h1-13,32H,25-26H2,(H,35,36,37). The van der Waals surface area contributed by atoms with Crippen molar-refractivity contribution in [2.75, 3.05) is 11.5 Å².